The lowest BCUT2D eigenvalue weighted by Crippen LogP contribution is -2.46. The summed E-state index contributed by atoms with van der Waals surface area (Å²) in [7, 11) is 0. The minimum absolute atomic E-state index is 0.155. The summed E-state index contributed by atoms with van der Waals surface area (Å²) in [6.07, 6.45) is 2.65. The highest BCUT2D eigenvalue weighted by Crippen LogP contribution is 2.31. The topological polar surface area (TPSA) is 41.6 Å². The highest BCUT2D eigenvalue weighted by Gasteiger charge is 2.26. The van der Waals surface area contributed by atoms with Crippen LogP contribution in [0.25, 0.3) is 0 Å². The molecule has 1 N–H and O–H groups in total. The van der Waals surface area contributed by atoms with E-state index < -0.39 is 0 Å². The second-order valence-corrected chi connectivity index (χ2v) is 6.16. The first-order valence-electron chi connectivity index (χ1n) is 7.87. The van der Waals surface area contributed by atoms with E-state index >= 15 is 0 Å². The summed E-state index contributed by atoms with van der Waals surface area (Å²) in [6.45, 7) is 7.31. The number of hydrogen-bond acceptors (Lipinski definition) is 3. The number of fused-ring (bicyclic) bond motifs is 1. The van der Waals surface area contributed by atoms with Crippen LogP contribution >= 0.6 is 0 Å². The fourth-order valence-electron chi connectivity index (χ4n) is 3.41. The minimum atomic E-state index is 0.155. The molecule has 1 saturated heterocycles. The van der Waals surface area contributed by atoms with Gasteiger partial charge in [-0.15, -0.1) is 0 Å². The van der Waals surface area contributed by atoms with Crippen LogP contribution in [0.1, 0.15) is 29.5 Å². The Morgan fingerprint density at radius 2 is 2.29 bits per heavy atom. The van der Waals surface area contributed by atoms with Crippen LogP contribution in [0.15, 0.2) is 12.1 Å². The Bertz CT molecular complexity index is 536. The van der Waals surface area contributed by atoms with E-state index in [-0.39, 0.29) is 11.9 Å². The largest absolute Gasteiger partial charge is 0.378 e. The molecule has 114 valence electrons. The number of amides is 1. The van der Waals surface area contributed by atoms with Gasteiger partial charge >= 0.3 is 0 Å². The Hall–Kier alpha value is -1.39. The smallest absolute Gasteiger partial charge is 0.228 e. The van der Waals surface area contributed by atoms with Crippen molar-refractivity contribution in [1.29, 1.82) is 0 Å². The number of carbonyl (C=O) groups is 1. The Labute approximate surface area is 126 Å². The Morgan fingerprint density at radius 1 is 1.43 bits per heavy atom. The quantitative estimate of drug-likeness (QED) is 0.904. The van der Waals surface area contributed by atoms with Gasteiger partial charge < -0.3 is 15.0 Å². The van der Waals surface area contributed by atoms with Crippen LogP contribution in [-0.2, 0) is 16.0 Å². The number of nitrogens with one attached hydrogen (secondary N) is 1. The molecule has 21 heavy (non-hydrogen) atoms. The maximum Gasteiger partial charge on any atom is 0.228 e. The fourth-order valence-corrected chi connectivity index (χ4v) is 3.41. The lowest BCUT2D eigenvalue weighted by Gasteiger charge is -2.33. The first kappa shape index (κ1) is 14.5. The standard InChI is InChI=1S/C17H24N2O2/c1-12-8-13(2)15-4-3-6-19(16(15)9-12)17(20)10-14-11-21-7-5-18-14/h8-9,14,18H,3-7,10-11H2,1-2H3. The molecule has 2 aliphatic rings. The molecule has 1 unspecified atom stereocenters. The second kappa shape index (κ2) is 6.16. The van der Waals surface area contributed by atoms with E-state index in [1.54, 1.807) is 0 Å². The molecule has 0 saturated carbocycles. The minimum Gasteiger partial charge on any atom is -0.378 e. The summed E-state index contributed by atoms with van der Waals surface area (Å²) in [5.74, 6) is 0.212. The molecule has 1 aromatic carbocycles. The van der Waals surface area contributed by atoms with Crippen LogP contribution in [-0.4, -0.2) is 38.3 Å². The summed E-state index contributed by atoms with van der Waals surface area (Å²) < 4.78 is 5.44. The maximum absolute atomic E-state index is 12.7. The summed E-state index contributed by atoms with van der Waals surface area (Å²) in [5.41, 5.74) is 5.00. The van der Waals surface area contributed by atoms with Crippen molar-refractivity contribution in [3.63, 3.8) is 0 Å². The van der Waals surface area contributed by atoms with Crippen LogP contribution in [0.5, 0.6) is 0 Å². The number of morpholine rings is 1. The predicted octanol–water partition coefficient (Wildman–Crippen LogP) is 1.96. The van der Waals surface area contributed by atoms with Crippen LogP contribution < -0.4 is 10.2 Å². The van der Waals surface area contributed by atoms with Crippen LogP contribution in [0.2, 0.25) is 0 Å². The van der Waals surface area contributed by atoms with Crippen molar-refractivity contribution in [1.82, 2.24) is 5.32 Å². The number of anilines is 1. The van der Waals surface area contributed by atoms with Crippen molar-refractivity contribution >= 4 is 11.6 Å². The summed E-state index contributed by atoms with van der Waals surface area (Å²) in [4.78, 5) is 14.7. The number of rotatable bonds is 2. The van der Waals surface area contributed by atoms with Gasteiger partial charge in [0.2, 0.25) is 5.91 Å². The summed E-state index contributed by atoms with van der Waals surface area (Å²) >= 11 is 0. The second-order valence-electron chi connectivity index (χ2n) is 6.16. The average molecular weight is 288 g/mol. The third kappa shape index (κ3) is 3.11. The van der Waals surface area contributed by atoms with Crippen molar-refractivity contribution < 1.29 is 9.53 Å². The van der Waals surface area contributed by atoms with Crippen molar-refractivity contribution in [2.24, 2.45) is 0 Å². The molecule has 1 fully saturated rings. The van der Waals surface area contributed by atoms with Gasteiger partial charge in [0.15, 0.2) is 0 Å². The monoisotopic (exact) mass is 288 g/mol. The molecule has 3 rings (SSSR count). The predicted molar refractivity (Wildman–Crippen MR) is 83.8 cm³/mol. The molecule has 0 aromatic heterocycles. The first-order chi connectivity index (χ1) is 10.1. The maximum atomic E-state index is 12.7. The van der Waals surface area contributed by atoms with Gasteiger partial charge in [0, 0.05) is 31.2 Å². The zero-order valence-corrected chi connectivity index (χ0v) is 12.9. The Morgan fingerprint density at radius 3 is 3.05 bits per heavy atom. The first-order valence-corrected chi connectivity index (χ1v) is 7.87. The van der Waals surface area contributed by atoms with Crippen LogP contribution in [0, 0.1) is 13.8 Å². The zero-order chi connectivity index (χ0) is 14.8. The molecule has 1 aromatic rings. The molecular formula is C17H24N2O2. The number of carbonyl (C=O) groups excluding carboxylic acids is 1. The molecule has 0 aliphatic carbocycles. The lowest BCUT2D eigenvalue weighted by molar-refractivity contribution is -0.119. The van der Waals surface area contributed by atoms with Gasteiger partial charge in [0.05, 0.1) is 13.2 Å². The van der Waals surface area contributed by atoms with Gasteiger partial charge in [0.1, 0.15) is 0 Å². The van der Waals surface area contributed by atoms with Crippen molar-refractivity contribution in [3.8, 4) is 0 Å². The van der Waals surface area contributed by atoms with Gasteiger partial charge in [0.25, 0.3) is 0 Å². The van der Waals surface area contributed by atoms with Gasteiger partial charge in [-0.05, 0) is 49.4 Å². The van der Waals surface area contributed by atoms with Gasteiger partial charge in [-0.1, -0.05) is 6.07 Å². The number of ether oxygens (including phenoxy) is 1. The van der Waals surface area contributed by atoms with E-state index in [0.29, 0.717) is 13.0 Å². The van der Waals surface area contributed by atoms with E-state index in [1.165, 1.54) is 16.7 Å². The van der Waals surface area contributed by atoms with E-state index in [2.05, 4.69) is 31.3 Å². The normalized spacial score (nSPS) is 22.0. The number of benzene rings is 1. The van der Waals surface area contributed by atoms with Crippen molar-refractivity contribution in [2.45, 2.75) is 39.2 Å². The van der Waals surface area contributed by atoms with Crippen LogP contribution in [0.4, 0.5) is 5.69 Å². The molecule has 2 aliphatic heterocycles. The molecule has 2 heterocycles. The average Bonchev–Trinajstić information content (AvgIpc) is 2.47. The Kier molecular flexibility index (Phi) is 4.27. The van der Waals surface area contributed by atoms with Crippen LogP contribution in [0.3, 0.4) is 0 Å². The van der Waals surface area contributed by atoms with E-state index in [9.17, 15) is 4.79 Å². The Balaban J connectivity index is 1.79. The molecule has 1 atom stereocenters. The molecule has 4 nitrogen and oxygen atoms in total. The number of nitrogens with zero attached hydrogens (tertiary/aromatic N) is 1. The van der Waals surface area contributed by atoms with E-state index in [1.807, 2.05) is 4.90 Å². The fraction of sp³-hybridized carbons (Fsp3) is 0.588. The number of hydrogen-bond donors (Lipinski definition) is 1. The highest BCUT2D eigenvalue weighted by atomic mass is 16.5. The molecule has 0 radical (unpaired) electrons. The summed E-state index contributed by atoms with van der Waals surface area (Å²) in [5, 5.41) is 3.36. The van der Waals surface area contributed by atoms with Crippen molar-refractivity contribution in [2.75, 3.05) is 31.2 Å². The van der Waals surface area contributed by atoms with Gasteiger partial charge in [-0.2, -0.15) is 0 Å². The SMILES string of the molecule is Cc1cc(C)c2c(c1)N(C(=O)CC1COCCN1)CCC2. The molecule has 0 spiro atoms. The third-order valence-electron chi connectivity index (χ3n) is 4.41. The van der Waals surface area contributed by atoms with Crippen molar-refractivity contribution in [3.05, 3.63) is 28.8 Å². The van der Waals surface area contributed by atoms with Gasteiger partial charge in [-0.3, -0.25) is 4.79 Å². The molecule has 0 bridgehead atoms. The highest BCUT2D eigenvalue weighted by molar-refractivity contribution is 5.95. The molecule has 1 amide bonds. The van der Waals surface area contributed by atoms with E-state index in [4.69, 9.17) is 4.74 Å². The van der Waals surface area contributed by atoms with E-state index in [0.717, 1.165) is 38.2 Å². The third-order valence-corrected chi connectivity index (χ3v) is 4.41. The molecule has 4 heteroatoms. The summed E-state index contributed by atoms with van der Waals surface area (Å²) in [6, 6.07) is 4.52. The number of aryl methyl sites for hydroxylation is 2. The lowest BCUT2D eigenvalue weighted by atomic mass is 9.94. The molecular weight excluding hydrogens is 264 g/mol. The van der Waals surface area contributed by atoms with Gasteiger partial charge in [-0.25, -0.2) is 0 Å². The zero-order valence-electron chi connectivity index (χ0n) is 12.9.